The predicted molar refractivity (Wildman–Crippen MR) is 184 cm³/mol. The van der Waals surface area contributed by atoms with E-state index >= 15 is 0 Å². The molecule has 1 heterocycles. The van der Waals surface area contributed by atoms with Crippen LogP contribution in [0.15, 0.2) is 101 Å². The van der Waals surface area contributed by atoms with Crippen LogP contribution in [0.1, 0.15) is 10.5 Å². The zero-order valence-electron chi connectivity index (χ0n) is 26.4. The summed E-state index contributed by atoms with van der Waals surface area (Å²) in [5, 5.41) is 48.6. The molecule has 278 valence electrons. The number of nitrogens with one attached hydrogen (secondary N) is 1. The van der Waals surface area contributed by atoms with Crippen LogP contribution in [0.5, 0.6) is 17.2 Å². The molecule has 0 aliphatic rings. The van der Waals surface area contributed by atoms with Crippen molar-refractivity contribution in [1.29, 1.82) is 0 Å². The average molecular weight is 811 g/mol. The number of halogens is 1. The minimum atomic E-state index is -5.08. The number of methoxy groups -OCH3 is 1. The molecule has 53 heavy (non-hydrogen) atoms. The van der Waals surface area contributed by atoms with Crippen molar-refractivity contribution in [2.45, 2.75) is 14.7 Å². The minimum Gasteiger partial charge on any atom is -0.506 e. The van der Waals surface area contributed by atoms with Crippen LogP contribution in [0, 0.1) is 0 Å². The quantitative estimate of drug-likeness (QED) is 0.0562. The van der Waals surface area contributed by atoms with Gasteiger partial charge in [-0.05, 0) is 47.9 Å². The Hall–Kier alpha value is -5.72. The number of phenols is 2. The number of rotatable bonds is 12. The van der Waals surface area contributed by atoms with Crippen molar-refractivity contribution in [3.05, 3.63) is 76.7 Å². The highest BCUT2D eigenvalue weighted by atomic mass is 35.5. The number of hydrogen-bond acceptors (Lipinski definition) is 15. The van der Waals surface area contributed by atoms with Gasteiger partial charge in [-0.1, -0.05) is 6.07 Å². The molecule has 6 N–H and O–H groups in total. The number of aromatic hydroxyl groups is 2. The van der Waals surface area contributed by atoms with E-state index in [0.717, 1.165) is 60.3 Å². The van der Waals surface area contributed by atoms with Crippen molar-refractivity contribution in [2.75, 3.05) is 18.7 Å². The topological polar surface area (TPSA) is 317 Å². The Kier molecular flexibility index (Phi) is 10.4. The Morgan fingerprint density at radius 2 is 1.51 bits per heavy atom. The monoisotopic (exact) mass is 810 g/mol. The summed E-state index contributed by atoms with van der Waals surface area (Å²) in [7, 11) is -12.5. The summed E-state index contributed by atoms with van der Waals surface area (Å²) in [6, 6.07) is 10.5. The van der Waals surface area contributed by atoms with Crippen LogP contribution in [-0.4, -0.2) is 84.2 Å². The third kappa shape index (κ3) is 7.88. The van der Waals surface area contributed by atoms with Crippen molar-refractivity contribution in [1.82, 2.24) is 9.78 Å². The fourth-order valence-corrected chi connectivity index (χ4v) is 7.66. The standard InChI is InChI=1S/C29H23ClN6O14S3/c1-50-21-12-19(20(37)13-22(21)51(42,43)9-8-30)32-33-24-23(53(47,48)49)10-14-2-3-15(11-18(14)27(24)38)31-34-25-26(29(40)41)35-36(28(25)39)16-4-6-17(7-5-16)52(44,45)46/h2-7,10-13,35,37-38H,8-9H2,1H3,(H,40,41)(H,44,45,46)(H,47,48,49). The van der Waals surface area contributed by atoms with Crippen LogP contribution < -0.4 is 10.3 Å². The number of aromatic carboxylic acids is 1. The van der Waals surface area contributed by atoms with Crippen LogP contribution in [0.25, 0.3) is 16.5 Å². The summed E-state index contributed by atoms with van der Waals surface area (Å²) in [6.07, 6.45) is 0. The second-order valence-corrected chi connectivity index (χ2v) is 15.9. The normalized spacial score (nSPS) is 12.6. The molecular formula is C29H23ClN6O14S3. The molecule has 0 saturated carbocycles. The highest BCUT2D eigenvalue weighted by Gasteiger charge is 2.25. The van der Waals surface area contributed by atoms with Crippen LogP contribution in [0.4, 0.5) is 22.7 Å². The maximum absolute atomic E-state index is 13.1. The maximum atomic E-state index is 13.1. The number of aromatic amines is 1. The van der Waals surface area contributed by atoms with Crippen molar-refractivity contribution in [3.63, 3.8) is 0 Å². The van der Waals surface area contributed by atoms with Crippen molar-refractivity contribution < 1.29 is 59.2 Å². The molecule has 20 nitrogen and oxygen atoms in total. The van der Waals surface area contributed by atoms with Gasteiger partial charge in [-0.15, -0.1) is 26.9 Å². The average Bonchev–Trinajstić information content (AvgIpc) is 3.42. The Labute approximate surface area is 302 Å². The number of alkyl halides is 1. The zero-order valence-corrected chi connectivity index (χ0v) is 29.6. The van der Waals surface area contributed by atoms with Crippen molar-refractivity contribution >= 4 is 81.2 Å². The summed E-state index contributed by atoms with van der Waals surface area (Å²) < 4.78 is 97.3. The molecule has 0 bridgehead atoms. The number of fused-ring (bicyclic) bond motifs is 1. The summed E-state index contributed by atoms with van der Waals surface area (Å²) in [5.74, 6) is -4.26. The van der Waals surface area contributed by atoms with E-state index in [0.29, 0.717) is 0 Å². The van der Waals surface area contributed by atoms with E-state index in [4.69, 9.17) is 16.3 Å². The number of azo groups is 2. The molecule has 5 rings (SSSR count). The lowest BCUT2D eigenvalue weighted by Crippen LogP contribution is -2.14. The summed E-state index contributed by atoms with van der Waals surface area (Å²) in [6.45, 7) is 0. The molecule has 0 amide bonds. The van der Waals surface area contributed by atoms with Gasteiger partial charge in [0.2, 0.25) is 0 Å². The van der Waals surface area contributed by atoms with Gasteiger partial charge in [0.25, 0.3) is 25.8 Å². The number of carboxylic acids is 1. The first-order chi connectivity index (χ1) is 24.8. The number of aromatic nitrogens is 2. The van der Waals surface area contributed by atoms with E-state index in [1.807, 2.05) is 0 Å². The fourth-order valence-electron chi connectivity index (χ4n) is 4.75. The van der Waals surface area contributed by atoms with Crippen LogP contribution in [-0.2, 0) is 30.1 Å². The third-order valence-electron chi connectivity index (χ3n) is 7.25. The molecule has 0 fully saturated rings. The molecule has 0 saturated heterocycles. The molecular weight excluding hydrogens is 788 g/mol. The van der Waals surface area contributed by atoms with Gasteiger partial charge in [0, 0.05) is 23.4 Å². The molecule has 4 aromatic carbocycles. The number of carboxylic acid groups (broad SMARTS) is 1. The molecule has 0 radical (unpaired) electrons. The van der Waals surface area contributed by atoms with Gasteiger partial charge in [0.05, 0.1) is 29.1 Å². The summed E-state index contributed by atoms with van der Waals surface area (Å²) in [4.78, 5) is 23.2. The van der Waals surface area contributed by atoms with E-state index in [9.17, 15) is 59.3 Å². The first-order valence-electron chi connectivity index (χ1n) is 14.2. The molecule has 0 aliphatic heterocycles. The predicted octanol–water partition coefficient (Wildman–Crippen LogP) is 4.77. The van der Waals surface area contributed by atoms with Crippen molar-refractivity contribution in [3.8, 4) is 22.9 Å². The summed E-state index contributed by atoms with van der Waals surface area (Å²) >= 11 is 5.57. The minimum absolute atomic E-state index is 0.00922. The number of hydrogen-bond donors (Lipinski definition) is 6. The van der Waals surface area contributed by atoms with Gasteiger partial charge in [-0.3, -0.25) is 19.0 Å². The highest BCUT2D eigenvalue weighted by Crippen LogP contribution is 2.44. The molecule has 0 unspecified atom stereocenters. The number of ether oxygens (including phenoxy) is 1. The number of benzene rings is 4. The van der Waals surface area contributed by atoms with E-state index in [-0.39, 0.29) is 33.8 Å². The zero-order chi connectivity index (χ0) is 39.0. The second-order valence-electron chi connectivity index (χ2n) is 10.6. The summed E-state index contributed by atoms with van der Waals surface area (Å²) in [5.41, 5.74) is -3.85. The van der Waals surface area contributed by atoms with E-state index in [2.05, 4.69) is 25.6 Å². The lowest BCUT2D eigenvalue weighted by atomic mass is 10.1. The SMILES string of the molecule is COc1cc(N=Nc2c(S(=O)(=O)O)cc3ccc(N=Nc4c(C(=O)O)[nH]n(-c5ccc(S(=O)(=O)O)cc5)c4=O)cc3c2O)c(O)cc1S(=O)(=O)CCCl. The number of phenolic OH excluding ortho intramolecular Hbond substituents is 2. The smallest absolute Gasteiger partial charge is 0.356 e. The Morgan fingerprint density at radius 3 is 2.09 bits per heavy atom. The van der Waals surface area contributed by atoms with Gasteiger partial charge in [-0.25, -0.2) is 17.9 Å². The van der Waals surface area contributed by atoms with Gasteiger partial charge >= 0.3 is 5.97 Å². The van der Waals surface area contributed by atoms with Gasteiger partial charge in [0.1, 0.15) is 32.7 Å². The molecule has 5 aromatic rings. The Balaban J connectivity index is 1.58. The van der Waals surface area contributed by atoms with Crippen LogP contribution >= 0.6 is 11.6 Å². The molecule has 24 heteroatoms. The largest absolute Gasteiger partial charge is 0.506 e. The van der Waals surface area contributed by atoms with Gasteiger partial charge in [-0.2, -0.15) is 21.9 Å². The van der Waals surface area contributed by atoms with Crippen LogP contribution in [0.2, 0.25) is 0 Å². The maximum Gasteiger partial charge on any atom is 0.356 e. The highest BCUT2D eigenvalue weighted by molar-refractivity contribution is 7.91. The number of carbonyl (C=O) groups is 1. The number of H-pyrrole nitrogens is 1. The first-order valence-corrected chi connectivity index (χ1v) is 19.3. The Morgan fingerprint density at radius 1 is 0.849 bits per heavy atom. The van der Waals surface area contributed by atoms with Gasteiger partial charge in [0.15, 0.2) is 27.0 Å². The van der Waals surface area contributed by atoms with E-state index in [1.54, 1.807) is 0 Å². The van der Waals surface area contributed by atoms with Crippen LogP contribution in [0.3, 0.4) is 0 Å². The van der Waals surface area contributed by atoms with E-state index < -0.39 is 96.3 Å². The fraction of sp³-hybridized carbons (Fsp3) is 0.103. The number of nitrogens with zero attached hydrogens (tertiary/aromatic N) is 5. The molecule has 0 atom stereocenters. The Bertz CT molecular complexity index is 2760. The second kappa shape index (κ2) is 14.4. The lowest BCUT2D eigenvalue weighted by molar-refractivity contribution is 0.0690. The van der Waals surface area contributed by atoms with Crippen molar-refractivity contribution in [2.24, 2.45) is 20.5 Å². The lowest BCUT2D eigenvalue weighted by Gasteiger charge is -2.11. The first kappa shape index (κ1) is 38.5. The van der Waals surface area contributed by atoms with E-state index in [1.165, 1.54) is 12.1 Å². The molecule has 1 aromatic heterocycles. The number of sulfone groups is 1. The van der Waals surface area contributed by atoms with Gasteiger partial charge < -0.3 is 20.1 Å². The molecule has 0 spiro atoms. The third-order valence-corrected chi connectivity index (χ3v) is 11.1. The molecule has 0 aliphatic carbocycles.